The molecule has 2 aromatic carbocycles. The summed E-state index contributed by atoms with van der Waals surface area (Å²) in [6, 6.07) is 15.5. The smallest absolute Gasteiger partial charge is 0.497 e. The Bertz CT molecular complexity index is 728. The molecule has 5 nitrogen and oxygen atoms in total. The lowest BCUT2D eigenvalue weighted by atomic mass is 9.78. The summed E-state index contributed by atoms with van der Waals surface area (Å²) in [7, 11) is -1.92. The van der Waals surface area contributed by atoms with E-state index in [9.17, 15) is 4.57 Å². The second kappa shape index (κ2) is 8.72. The first-order valence-corrected chi connectivity index (χ1v) is 10.1. The summed E-state index contributed by atoms with van der Waals surface area (Å²) in [5.41, 5.74) is 2.08. The Morgan fingerprint density at radius 2 is 1.23 bits per heavy atom. The zero-order valence-electron chi connectivity index (χ0n) is 16.0. The van der Waals surface area contributed by atoms with Crippen molar-refractivity contribution in [2.45, 2.75) is 33.1 Å². The van der Waals surface area contributed by atoms with Gasteiger partial charge in [-0.2, -0.15) is 0 Å². The highest BCUT2D eigenvalue weighted by molar-refractivity contribution is 7.48. The average molecular weight is 378 g/mol. The summed E-state index contributed by atoms with van der Waals surface area (Å²) in [4.78, 5) is 0. The summed E-state index contributed by atoms with van der Waals surface area (Å²) < 4.78 is 33.5. The van der Waals surface area contributed by atoms with Crippen molar-refractivity contribution < 1.29 is 22.9 Å². The van der Waals surface area contributed by atoms with E-state index in [0.29, 0.717) is 5.75 Å². The molecule has 0 N–H and O–H groups in total. The van der Waals surface area contributed by atoms with Gasteiger partial charge in [-0.1, -0.05) is 38.1 Å². The normalized spacial score (nSPS) is 12.0. The summed E-state index contributed by atoms with van der Waals surface area (Å²) in [6.07, 6.45) is 0. The first kappa shape index (κ1) is 20.5. The van der Waals surface area contributed by atoms with Crippen LogP contribution in [-0.2, 0) is 19.0 Å². The van der Waals surface area contributed by atoms with Crippen LogP contribution < -0.4 is 9.26 Å². The molecule has 0 spiro atoms. The highest BCUT2D eigenvalue weighted by Gasteiger charge is 2.28. The summed E-state index contributed by atoms with van der Waals surface area (Å²) in [5, 5.41) is 0. The van der Waals surface area contributed by atoms with Gasteiger partial charge in [0, 0.05) is 5.41 Å². The van der Waals surface area contributed by atoms with E-state index in [2.05, 4.69) is 26.0 Å². The van der Waals surface area contributed by atoms with Gasteiger partial charge in [0.1, 0.15) is 11.5 Å². The largest absolute Gasteiger partial charge is 0.530 e. The Labute approximate surface area is 155 Å². The second-order valence-electron chi connectivity index (χ2n) is 6.25. The highest BCUT2D eigenvalue weighted by Crippen LogP contribution is 2.49. The maximum absolute atomic E-state index is 12.5. The monoisotopic (exact) mass is 378 g/mol. The molecule has 2 aromatic rings. The van der Waals surface area contributed by atoms with Crippen LogP contribution in [0.25, 0.3) is 0 Å². The van der Waals surface area contributed by atoms with E-state index in [1.807, 2.05) is 24.3 Å². The first-order chi connectivity index (χ1) is 12.3. The van der Waals surface area contributed by atoms with Crippen molar-refractivity contribution in [3.63, 3.8) is 0 Å². The van der Waals surface area contributed by atoms with Crippen LogP contribution in [0, 0.1) is 0 Å². The molecule has 6 heteroatoms. The minimum absolute atomic E-state index is 0.200. The van der Waals surface area contributed by atoms with Gasteiger partial charge in [0.15, 0.2) is 0 Å². The lowest BCUT2D eigenvalue weighted by Gasteiger charge is -2.26. The molecule has 26 heavy (non-hydrogen) atoms. The molecule has 0 aliphatic heterocycles. The predicted molar refractivity (Wildman–Crippen MR) is 103 cm³/mol. The molecule has 0 fully saturated rings. The Kier molecular flexibility index (Phi) is 6.87. The molecular formula is C20H27O5P. The molecule has 0 saturated carbocycles. The molecule has 0 unspecified atom stereocenters. The van der Waals surface area contributed by atoms with Gasteiger partial charge in [-0.3, -0.25) is 9.05 Å². The lowest BCUT2D eigenvalue weighted by molar-refractivity contribution is 0.167. The predicted octanol–water partition coefficient (Wildman–Crippen LogP) is 5.58. The van der Waals surface area contributed by atoms with Crippen molar-refractivity contribution in [2.24, 2.45) is 0 Å². The third-order valence-corrected chi connectivity index (χ3v) is 5.76. The van der Waals surface area contributed by atoms with Crippen molar-refractivity contribution >= 4 is 7.82 Å². The van der Waals surface area contributed by atoms with Crippen molar-refractivity contribution in [1.82, 2.24) is 0 Å². The van der Waals surface area contributed by atoms with Crippen LogP contribution in [0.3, 0.4) is 0 Å². The molecule has 0 atom stereocenters. The van der Waals surface area contributed by atoms with Gasteiger partial charge in [-0.05, 0) is 49.2 Å². The van der Waals surface area contributed by atoms with Crippen molar-refractivity contribution in [3.8, 4) is 11.5 Å². The molecule has 0 amide bonds. The number of phosphoric ester groups is 1. The molecule has 0 aromatic heterocycles. The molecule has 0 bridgehead atoms. The molecule has 0 aliphatic carbocycles. The summed E-state index contributed by atoms with van der Waals surface area (Å²) in [5.74, 6) is 1.28. The third-order valence-electron chi connectivity index (χ3n) is 4.18. The van der Waals surface area contributed by atoms with E-state index in [1.54, 1.807) is 33.1 Å². The fourth-order valence-electron chi connectivity index (χ4n) is 2.64. The van der Waals surface area contributed by atoms with Crippen molar-refractivity contribution in [3.05, 3.63) is 59.7 Å². The van der Waals surface area contributed by atoms with Gasteiger partial charge in [-0.25, -0.2) is 4.57 Å². The van der Waals surface area contributed by atoms with E-state index in [0.717, 1.165) is 11.3 Å². The minimum Gasteiger partial charge on any atom is -0.497 e. The summed E-state index contributed by atoms with van der Waals surface area (Å²) >= 11 is 0. The van der Waals surface area contributed by atoms with Crippen molar-refractivity contribution in [1.29, 1.82) is 0 Å². The molecule has 2 rings (SSSR count). The SMILES string of the molecule is CCOP(=O)(OCC)Oc1ccc(C(C)(C)c2ccc(OC)cc2)cc1. The van der Waals surface area contributed by atoms with Crippen molar-refractivity contribution in [2.75, 3.05) is 20.3 Å². The lowest BCUT2D eigenvalue weighted by Crippen LogP contribution is -2.18. The highest BCUT2D eigenvalue weighted by atomic mass is 31.2. The Balaban J connectivity index is 2.20. The number of methoxy groups -OCH3 is 1. The van der Waals surface area contributed by atoms with E-state index in [4.69, 9.17) is 18.3 Å². The quantitative estimate of drug-likeness (QED) is 0.533. The van der Waals surface area contributed by atoms with E-state index in [1.165, 1.54) is 5.56 Å². The standard InChI is InChI=1S/C20H27O5P/c1-6-23-26(21,24-7-2)25-19-14-10-17(11-15-19)20(3,4)16-8-12-18(22-5)13-9-16/h8-15H,6-7H2,1-5H3. The minimum atomic E-state index is -3.58. The fraction of sp³-hybridized carbons (Fsp3) is 0.400. The van der Waals surface area contributed by atoms with Gasteiger partial charge < -0.3 is 9.26 Å². The number of rotatable bonds is 9. The molecular weight excluding hydrogens is 351 g/mol. The van der Waals surface area contributed by atoms with Crippen LogP contribution in [0.5, 0.6) is 11.5 Å². The van der Waals surface area contributed by atoms with Crippen LogP contribution in [0.2, 0.25) is 0 Å². The fourth-order valence-corrected chi connectivity index (χ4v) is 3.83. The van der Waals surface area contributed by atoms with Crippen LogP contribution in [0.15, 0.2) is 48.5 Å². The Morgan fingerprint density at radius 1 is 0.808 bits per heavy atom. The summed E-state index contributed by atoms with van der Waals surface area (Å²) in [6.45, 7) is 8.29. The zero-order valence-corrected chi connectivity index (χ0v) is 16.9. The van der Waals surface area contributed by atoms with E-state index < -0.39 is 7.82 Å². The van der Waals surface area contributed by atoms with Crippen LogP contribution in [0.4, 0.5) is 0 Å². The van der Waals surface area contributed by atoms with Crippen LogP contribution in [-0.4, -0.2) is 20.3 Å². The van der Waals surface area contributed by atoms with Gasteiger partial charge in [-0.15, -0.1) is 0 Å². The number of benzene rings is 2. The number of phosphoric acid groups is 1. The van der Waals surface area contributed by atoms with Crippen LogP contribution in [0.1, 0.15) is 38.8 Å². The van der Waals surface area contributed by atoms with E-state index in [-0.39, 0.29) is 18.6 Å². The van der Waals surface area contributed by atoms with Crippen LogP contribution >= 0.6 is 7.82 Å². The van der Waals surface area contributed by atoms with Gasteiger partial charge >= 0.3 is 7.82 Å². The zero-order chi connectivity index (χ0) is 19.2. The third kappa shape index (κ3) is 4.88. The number of hydrogen-bond donors (Lipinski definition) is 0. The Morgan fingerprint density at radius 3 is 1.62 bits per heavy atom. The van der Waals surface area contributed by atoms with Gasteiger partial charge in [0.05, 0.1) is 20.3 Å². The molecule has 0 saturated heterocycles. The average Bonchev–Trinajstić information content (AvgIpc) is 2.62. The Hall–Kier alpha value is -1.81. The molecule has 0 radical (unpaired) electrons. The van der Waals surface area contributed by atoms with Gasteiger partial charge in [0.2, 0.25) is 0 Å². The maximum atomic E-state index is 12.5. The molecule has 0 aliphatic rings. The maximum Gasteiger partial charge on any atom is 0.530 e. The number of ether oxygens (including phenoxy) is 1. The second-order valence-corrected chi connectivity index (χ2v) is 7.85. The van der Waals surface area contributed by atoms with Gasteiger partial charge in [0.25, 0.3) is 0 Å². The number of hydrogen-bond acceptors (Lipinski definition) is 5. The molecule has 0 heterocycles. The molecule has 142 valence electrons. The first-order valence-electron chi connectivity index (χ1n) is 8.68. The van der Waals surface area contributed by atoms with E-state index >= 15 is 0 Å². The topological polar surface area (TPSA) is 54.0 Å².